The van der Waals surface area contributed by atoms with Crippen molar-refractivity contribution in [3.8, 4) is 0 Å². The van der Waals surface area contributed by atoms with Crippen LogP contribution in [0.15, 0.2) is 52.3 Å². The summed E-state index contributed by atoms with van der Waals surface area (Å²) >= 11 is 2.88. The van der Waals surface area contributed by atoms with E-state index in [1.165, 1.54) is 11.8 Å². The first kappa shape index (κ1) is 27.0. The maximum Gasteiger partial charge on any atom is 0.319 e. The SMILES string of the molecule is CCCCC1(C)CN(c2ccccc2)c2cc(SC)c(CSC(C)(C)C(=O)O)cc2S(=O)(=O)C1. The zero-order valence-electron chi connectivity index (χ0n) is 20.6. The molecule has 2 aromatic carbocycles. The molecule has 0 aromatic heterocycles. The number of sulfone groups is 1. The first-order chi connectivity index (χ1) is 15.9. The van der Waals surface area contributed by atoms with Gasteiger partial charge < -0.3 is 10.0 Å². The summed E-state index contributed by atoms with van der Waals surface area (Å²) in [5.41, 5.74) is 2.16. The Balaban J connectivity index is 2.16. The molecular weight excluding hydrogens is 486 g/mol. The zero-order chi connectivity index (χ0) is 25.1. The average Bonchev–Trinajstić information content (AvgIpc) is 2.87. The van der Waals surface area contributed by atoms with Gasteiger partial charge in [0.15, 0.2) is 9.84 Å². The molecule has 186 valence electrons. The Bertz CT molecular complexity index is 1130. The molecule has 0 saturated heterocycles. The van der Waals surface area contributed by atoms with Gasteiger partial charge in [0.05, 0.1) is 16.3 Å². The second kappa shape index (κ2) is 10.5. The molecule has 0 radical (unpaired) electrons. The second-order valence-corrected chi connectivity index (χ2v) is 14.2. The third-order valence-corrected chi connectivity index (χ3v) is 10.6. The van der Waals surface area contributed by atoms with E-state index in [0.717, 1.165) is 35.4 Å². The summed E-state index contributed by atoms with van der Waals surface area (Å²) < 4.78 is 26.6. The third-order valence-electron chi connectivity index (χ3n) is 6.37. The lowest BCUT2D eigenvalue weighted by Gasteiger charge is -2.34. The summed E-state index contributed by atoms with van der Waals surface area (Å²) in [5.74, 6) is -0.355. The fourth-order valence-corrected chi connectivity index (χ4v) is 8.03. The van der Waals surface area contributed by atoms with Crippen molar-refractivity contribution in [3.63, 3.8) is 0 Å². The smallest absolute Gasteiger partial charge is 0.319 e. The van der Waals surface area contributed by atoms with Crippen LogP contribution < -0.4 is 4.90 Å². The van der Waals surface area contributed by atoms with Gasteiger partial charge in [-0.2, -0.15) is 0 Å². The number of para-hydroxylation sites is 1. The highest BCUT2D eigenvalue weighted by Crippen LogP contribution is 2.45. The van der Waals surface area contributed by atoms with E-state index in [0.29, 0.717) is 22.9 Å². The van der Waals surface area contributed by atoms with Gasteiger partial charge in [-0.1, -0.05) is 44.9 Å². The number of nitrogens with zero attached hydrogens (tertiary/aromatic N) is 1. The molecule has 5 nitrogen and oxygen atoms in total. The quantitative estimate of drug-likeness (QED) is 0.371. The van der Waals surface area contributed by atoms with E-state index >= 15 is 0 Å². The minimum atomic E-state index is -3.55. The van der Waals surface area contributed by atoms with Gasteiger partial charge in [-0.3, -0.25) is 4.79 Å². The Morgan fingerprint density at radius 3 is 2.47 bits per heavy atom. The lowest BCUT2D eigenvalue weighted by molar-refractivity contribution is -0.138. The predicted molar refractivity (Wildman–Crippen MR) is 144 cm³/mol. The Kier molecular flexibility index (Phi) is 8.36. The van der Waals surface area contributed by atoms with Crippen molar-refractivity contribution in [3.05, 3.63) is 48.0 Å². The Morgan fingerprint density at radius 2 is 1.88 bits per heavy atom. The van der Waals surface area contributed by atoms with Crippen LogP contribution in [0.25, 0.3) is 0 Å². The molecule has 0 spiro atoms. The Hall–Kier alpha value is -1.64. The van der Waals surface area contributed by atoms with Crippen LogP contribution in [0.1, 0.15) is 52.5 Å². The van der Waals surface area contributed by atoms with Gasteiger partial charge in [0.2, 0.25) is 0 Å². The minimum absolute atomic E-state index is 0.0994. The third kappa shape index (κ3) is 5.94. The molecule has 1 atom stereocenters. The van der Waals surface area contributed by atoms with Crippen molar-refractivity contribution < 1.29 is 18.3 Å². The highest BCUT2D eigenvalue weighted by molar-refractivity contribution is 8.00. The van der Waals surface area contributed by atoms with Crippen LogP contribution in [0.5, 0.6) is 0 Å². The molecular formula is C26H35NO4S3. The standard InChI is InChI=1S/C26H35NO4S3/c1-6-7-13-26(4)17-27(20-11-9-8-10-12-20)21-15-22(32-5)19(14-23(21)34(30,31)18-26)16-33-25(2,3)24(28)29/h8-12,14-15H,6-7,13,16-18H2,1-5H3,(H,28,29). The van der Waals surface area contributed by atoms with E-state index < -0.39 is 20.6 Å². The van der Waals surface area contributed by atoms with Crippen molar-refractivity contribution in [2.45, 2.75) is 67.2 Å². The number of anilines is 2. The molecule has 34 heavy (non-hydrogen) atoms. The average molecular weight is 522 g/mol. The molecule has 1 unspecified atom stereocenters. The van der Waals surface area contributed by atoms with E-state index in [1.54, 1.807) is 31.7 Å². The topological polar surface area (TPSA) is 74.7 Å². The van der Waals surface area contributed by atoms with Gasteiger partial charge in [0, 0.05) is 22.9 Å². The lowest BCUT2D eigenvalue weighted by Crippen LogP contribution is -2.35. The highest BCUT2D eigenvalue weighted by Gasteiger charge is 2.40. The maximum atomic E-state index is 13.8. The number of benzene rings is 2. The number of aliphatic carboxylic acids is 1. The van der Waals surface area contributed by atoms with Crippen LogP contribution in [-0.4, -0.2) is 42.8 Å². The summed E-state index contributed by atoms with van der Waals surface area (Å²) in [6.45, 7) is 8.19. The second-order valence-electron chi connectivity index (χ2n) is 9.83. The molecule has 3 rings (SSSR count). The minimum Gasteiger partial charge on any atom is -0.480 e. The number of hydrogen-bond acceptors (Lipinski definition) is 6. The highest BCUT2D eigenvalue weighted by atomic mass is 32.2. The van der Waals surface area contributed by atoms with E-state index in [2.05, 4.69) is 18.7 Å². The summed E-state index contributed by atoms with van der Waals surface area (Å²) in [7, 11) is -3.55. The van der Waals surface area contributed by atoms with Crippen molar-refractivity contribution in [1.82, 2.24) is 0 Å². The first-order valence-electron chi connectivity index (χ1n) is 11.6. The molecule has 1 heterocycles. The molecule has 1 N–H and O–H groups in total. The van der Waals surface area contributed by atoms with Gasteiger partial charge >= 0.3 is 5.97 Å². The van der Waals surface area contributed by atoms with Crippen molar-refractivity contribution in [2.24, 2.45) is 5.41 Å². The summed E-state index contributed by atoms with van der Waals surface area (Å²) in [6, 6.07) is 13.8. The van der Waals surface area contributed by atoms with E-state index in [1.807, 2.05) is 42.7 Å². The lowest BCUT2D eigenvalue weighted by atomic mass is 9.86. The summed E-state index contributed by atoms with van der Waals surface area (Å²) in [6.07, 6.45) is 4.81. The first-order valence-corrected chi connectivity index (χ1v) is 15.4. The molecule has 2 aromatic rings. The number of rotatable bonds is 9. The maximum absolute atomic E-state index is 13.8. The Labute approximate surface area is 212 Å². The molecule has 8 heteroatoms. The van der Waals surface area contributed by atoms with E-state index in [4.69, 9.17) is 0 Å². The van der Waals surface area contributed by atoms with Crippen LogP contribution >= 0.6 is 23.5 Å². The van der Waals surface area contributed by atoms with Crippen molar-refractivity contribution in [1.29, 1.82) is 0 Å². The molecule has 1 aliphatic heterocycles. The van der Waals surface area contributed by atoms with Gasteiger partial charge in [-0.05, 0) is 61.8 Å². The molecule has 0 amide bonds. The largest absolute Gasteiger partial charge is 0.480 e. The predicted octanol–water partition coefficient (Wildman–Crippen LogP) is 6.63. The fourth-order valence-electron chi connectivity index (χ4n) is 4.32. The molecule has 1 aliphatic rings. The van der Waals surface area contributed by atoms with Gasteiger partial charge in [0.1, 0.15) is 4.75 Å². The Morgan fingerprint density at radius 1 is 1.21 bits per heavy atom. The van der Waals surface area contributed by atoms with Crippen LogP contribution in [0.4, 0.5) is 11.4 Å². The summed E-state index contributed by atoms with van der Waals surface area (Å²) in [4.78, 5) is 15.1. The molecule has 0 bridgehead atoms. The van der Waals surface area contributed by atoms with Crippen LogP contribution in [0.3, 0.4) is 0 Å². The van der Waals surface area contributed by atoms with Crippen LogP contribution in [-0.2, 0) is 20.4 Å². The van der Waals surface area contributed by atoms with E-state index in [9.17, 15) is 18.3 Å². The number of carbonyl (C=O) groups is 1. The monoisotopic (exact) mass is 521 g/mol. The van der Waals surface area contributed by atoms with Crippen molar-refractivity contribution in [2.75, 3.05) is 23.5 Å². The van der Waals surface area contributed by atoms with Gasteiger partial charge in [-0.15, -0.1) is 23.5 Å². The van der Waals surface area contributed by atoms with Crippen molar-refractivity contribution >= 4 is 50.7 Å². The van der Waals surface area contributed by atoms with Crippen LogP contribution in [0, 0.1) is 5.41 Å². The van der Waals surface area contributed by atoms with Gasteiger partial charge in [0.25, 0.3) is 0 Å². The number of thioether (sulfide) groups is 2. The van der Waals surface area contributed by atoms with Crippen LogP contribution in [0.2, 0.25) is 0 Å². The fraction of sp³-hybridized carbons (Fsp3) is 0.500. The van der Waals surface area contributed by atoms with E-state index in [-0.39, 0.29) is 11.2 Å². The molecule has 0 fully saturated rings. The number of unbranched alkanes of at least 4 members (excludes halogenated alkanes) is 1. The molecule has 0 saturated carbocycles. The number of carboxylic acid groups (broad SMARTS) is 1. The number of carboxylic acids is 1. The normalized spacial score (nSPS) is 20.0. The summed E-state index contributed by atoms with van der Waals surface area (Å²) in [5, 5.41) is 9.52. The number of fused-ring (bicyclic) bond motifs is 1. The van der Waals surface area contributed by atoms with Gasteiger partial charge in [-0.25, -0.2) is 8.42 Å². The zero-order valence-corrected chi connectivity index (χ0v) is 23.1. The molecule has 0 aliphatic carbocycles. The number of hydrogen-bond donors (Lipinski definition) is 1.